The molecule has 0 aliphatic carbocycles. The third-order valence-corrected chi connectivity index (χ3v) is 4.46. The molecule has 0 bridgehead atoms. The van der Waals surface area contributed by atoms with Crippen LogP contribution in [0.15, 0.2) is 60.9 Å². The lowest BCUT2D eigenvalue weighted by Crippen LogP contribution is -2.25. The number of hydrogen-bond donors (Lipinski definition) is 1. The van der Waals surface area contributed by atoms with Crippen LogP contribution in [0.1, 0.15) is 37.4 Å². The van der Waals surface area contributed by atoms with E-state index in [2.05, 4.69) is 10.3 Å². The molecule has 1 atom stereocenters. The number of imidazole rings is 1. The highest BCUT2D eigenvalue weighted by atomic mass is 16.5. The molecule has 2 heterocycles. The summed E-state index contributed by atoms with van der Waals surface area (Å²) in [5.41, 5.74) is 2.83. The van der Waals surface area contributed by atoms with Gasteiger partial charge < -0.3 is 10.1 Å². The quantitative estimate of drug-likeness (QED) is 0.772. The summed E-state index contributed by atoms with van der Waals surface area (Å²) >= 11 is 0. The molecule has 2 aromatic carbocycles. The first-order valence-corrected chi connectivity index (χ1v) is 8.81. The van der Waals surface area contributed by atoms with E-state index in [1.807, 2.05) is 73.0 Å². The summed E-state index contributed by atoms with van der Waals surface area (Å²) < 4.78 is 7.90. The Bertz CT molecular complexity index is 931. The molecule has 5 nitrogen and oxygen atoms in total. The minimum absolute atomic E-state index is 0.0143. The van der Waals surface area contributed by atoms with Crippen LogP contribution >= 0.6 is 0 Å². The van der Waals surface area contributed by atoms with Crippen molar-refractivity contribution >= 4 is 11.7 Å². The molecular formula is C21H21N3O2. The fourth-order valence-corrected chi connectivity index (χ4v) is 3.38. The predicted molar refractivity (Wildman–Crippen MR) is 101 cm³/mol. The van der Waals surface area contributed by atoms with Crippen molar-refractivity contribution in [2.45, 2.75) is 32.3 Å². The highest BCUT2D eigenvalue weighted by molar-refractivity contribution is 5.94. The Morgan fingerprint density at radius 2 is 1.85 bits per heavy atom. The Kier molecular flexibility index (Phi) is 4.21. The van der Waals surface area contributed by atoms with E-state index in [4.69, 9.17) is 4.74 Å². The number of amides is 1. The molecule has 3 aromatic rings. The zero-order valence-corrected chi connectivity index (χ0v) is 14.8. The van der Waals surface area contributed by atoms with Crippen LogP contribution in [0.25, 0.3) is 5.69 Å². The van der Waals surface area contributed by atoms with Crippen LogP contribution in [0.4, 0.5) is 5.82 Å². The molecule has 26 heavy (non-hydrogen) atoms. The van der Waals surface area contributed by atoms with E-state index in [0.29, 0.717) is 6.42 Å². The summed E-state index contributed by atoms with van der Waals surface area (Å²) in [6.07, 6.45) is 2.19. The number of ether oxygens (including phenoxy) is 1. The van der Waals surface area contributed by atoms with Gasteiger partial charge >= 0.3 is 0 Å². The number of fused-ring (bicyclic) bond motifs is 1. The second kappa shape index (κ2) is 6.67. The van der Waals surface area contributed by atoms with Crippen LogP contribution in [-0.4, -0.2) is 21.6 Å². The summed E-state index contributed by atoms with van der Waals surface area (Å²) in [4.78, 5) is 17.1. The fraction of sp³-hybridized carbons (Fsp3) is 0.238. The molecule has 1 aromatic heterocycles. The maximum absolute atomic E-state index is 12.4. The number of para-hydroxylation sites is 2. The minimum atomic E-state index is -0.126. The Morgan fingerprint density at radius 1 is 1.12 bits per heavy atom. The number of anilines is 1. The van der Waals surface area contributed by atoms with Crippen LogP contribution in [0.3, 0.4) is 0 Å². The topological polar surface area (TPSA) is 56.1 Å². The van der Waals surface area contributed by atoms with Crippen molar-refractivity contribution in [1.29, 1.82) is 0 Å². The van der Waals surface area contributed by atoms with Gasteiger partial charge in [0, 0.05) is 23.6 Å². The Balaban J connectivity index is 1.80. The van der Waals surface area contributed by atoms with Gasteiger partial charge in [0.15, 0.2) is 0 Å². The van der Waals surface area contributed by atoms with Crippen molar-refractivity contribution in [1.82, 2.24) is 9.55 Å². The van der Waals surface area contributed by atoms with Gasteiger partial charge in [-0.15, -0.1) is 0 Å². The number of nitrogens with one attached hydrogen (secondary N) is 1. The maximum atomic E-state index is 12.4. The number of carbonyl (C=O) groups excluding carboxylic acids is 1. The fourth-order valence-electron chi connectivity index (χ4n) is 3.38. The minimum Gasteiger partial charge on any atom is -0.491 e. The lowest BCUT2D eigenvalue weighted by molar-refractivity contribution is -0.116. The molecule has 1 amide bonds. The van der Waals surface area contributed by atoms with Gasteiger partial charge in [-0.05, 0) is 32.0 Å². The molecule has 1 N–H and O–H groups in total. The van der Waals surface area contributed by atoms with Gasteiger partial charge in [-0.3, -0.25) is 9.36 Å². The number of carbonyl (C=O) groups is 1. The number of hydrogen-bond acceptors (Lipinski definition) is 3. The van der Waals surface area contributed by atoms with Crippen LogP contribution in [0, 0.1) is 0 Å². The number of rotatable bonds is 4. The molecule has 0 saturated carbocycles. The van der Waals surface area contributed by atoms with Crippen molar-refractivity contribution in [2.75, 3.05) is 5.32 Å². The summed E-state index contributed by atoms with van der Waals surface area (Å²) in [7, 11) is 0. The van der Waals surface area contributed by atoms with Crippen LogP contribution in [0.2, 0.25) is 0 Å². The molecule has 0 saturated heterocycles. The molecule has 0 spiro atoms. The molecule has 0 radical (unpaired) electrons. The Labute approximate surface area is 152 Å². The Hall–Kier alpha value is -3.08. The normalized spacial score (nSPS) is 16.3. The van der Waals surface area contributed by atoms with Gasteiger partial charge in [-0.25, -0.2) is 4.98 Å². The number of benzene rings is 2. The van der Waals surface area contributed by atoms with Gasteiger partial charge in [-0.1, -0.05) is 36.4 Å². The third-order valence-electron chi connectivity index (χ3n) is 4.46. The van der Waals surface area contributed by atoms with Crippen molar-refractivity contribution in [3.63, 3.8) is 0 Å². The highest BCUT2D eigenvalue weighted by Gasteiger charge is 2.32. The lowest BCUT2D eigenvalue weighted by atomic mass is 9.89. The second-order valence-electron chi connectivity index (χ2n) is 6.69. The van der Waals surface area contributed by atoms with E-state index in [0.717, 1.165) is 28.5 Å². The zero-order chi connectivity index (χ0) is 18.1. The second-order valence-corrected chi connectivity index (χ2v) is 6.69. The van der Waals surface area contributed by atoms with Crippen molar-refractivity contribution in [3.05, 3.63) is 72.2 Å². The van der Waals surface area contributed by atoms with E-state index in [-0.39, 0.29) is 17.9 Å². The summed E-state index contributed by atoms with van der Waals surface area (Å²) in [5, 5.41) is 2.99. The van der Waals surface area contributed by atoms with E-state index < -0.39 is 0 Å². The average molecular weight is 347 g/mol. The molecule has 1 unspecified atom stereocenters. The average Bonchev–Trinajstić information content (AvgIpc) is 3.05. The lowest BCUT2D eigenvalue weighted by Gasteiger charge is -2.25. The molecule has 5 heteroatoms. The Morgan fingerprint density at radius 3 is 2.62 bits per heavy atom. The predicted octanol–water partition coefficient (Wildman–Crippen LogP) is 4.13. The molecule has 1 aliphatic heterocycles. The van der Waals surface area contributed by atoms with Gasteiger partial charge in [0.25, 0.3) is 0 Å². The molecule has 1 aliphatic rings. The van der Waals surface area contributed by atoms with Gasteiger partial charge in [0.2, 0.25) is 5.91 Å². The number of aromatic nitrogens is 2. The van der Waals surface area contributed by atoms with Crippen molar-refractivity contribution in [3.8, 4) is 11.4 Å². The van der Waals surface area contributed by atoms with Crippen LogP contribution in [0.5, 0.6) is 5.75 Å². The first-order chi connectivity index (χ1) is 12.6. The van der Waals surface area contributed by atoms with Crippen molar-refractivity contribution in [2.24, 2.45) is 0 Å². The zero-order valence-electron chi connectivity index (χ0n) is 14.8. The third kappa shape index (κ3) is 2.96. The summed E-state index contributed by atoms with van der Waals surface area (Å²) in [5.74, 6) is 1.40. The molecule has 4 rings (SSSR count). The first-order valence-electron chi connectivity index (χ1n) is 8.81. The highest BCUT2D eigenvalue weighted by Crippen LogP contribution is 2.40. The van der Waals surface area contributed by atoms with E-state index in [1.165, 1.54) is 0 Å². The van der Waals surface area contributed by atoms with Crippen LogP contribution < -0.4 is 10.1 Å². The molecule has 0 fully saturated rings. The molecular weight excluding hydrogens is 326 g/mol. The van der Waals surface area contributed by atoms with E-state index in [1.54, 1.807) is 6.33 Å². The monoisotopic (exact) mass is 347 g/mol. The van der Waals surface area contributed by atoms with Gasteiger partial charge in [-0.2, -0.15) is 0 Å². The first kappa shape index (κ1) is 16.4. The smallest absolute Gasteiger partial charge is 0.226 e. The van der Waals surface area contributed by atoms with Gasteiger partial charge in [0.1, 0.15) is 17.9 Å². The van der Waals surface area contributed by atoms with E-state index >= 15 is 0 Å². The maximum Gasteiger partial charge on any atom is 0.226 e. The summed E-state index contributed by atoms with van der Waals surface area (Å²) in [6, 6.07) is 17.8. The van der Waals surface area contributed by atoms with E-state index in [9.17, 15) is 4.79 Å². The largest absolute Gasteiger partial charge is 0.491 e. The van der Waals surface area contributed by atoms with Crippen LogP contribution in [-0.2, 0) is 4.79 Å². The summed E-state index contributed by atoms with van der Waals surface area (Å²) in [6.45, 7) is 4.00. The standard InChI is InChI=1S/C21H21N3O2/c1-14(2)26-18-11-7-6-10-16(18)17-12-19(25)23-21-20(17)22-13-24(21)15-8-4-3-5-9-15/h3-11,13-14,17H,12H2,1-2H3,(H,23,25). The van der Waals surface area contributed by atoms with Gasteiger partial charge in [0.05, 0.1) is 11.8 Å². The van der Waals surface area contributed by atoms with Crippen molar-refractivity contribution < 1.29 is 9.53 Å². The molecule has 132 valence electrons. The number of nitrogens with zero attached hydrogens (tertiary/aromatic N) is 2. The SMILES string of the molecule is CC(C)Oc1ccccc1C1CC(=O)Nc2c1ncn2-c1ccccc1.